The molecule has 1 saturated heterocycles. The Morgan fingerprint density at radius 1 is 1.30 bits per heavy atom. The van der Waals surface area contributed by atoms with Crippen molar-refractivity contribution in [1.29, 1.82) is 0 Å². The number of hydrogen-bond acceptors (Lipinski definition) is 4. The van der Waals surface area contributed by atoms with Gasteiger partial charge in [-0.05, 0) is 31.4 Å². The molecule has 0 unspecified atom stereocenters. The molecule has 0 radical (unpaired) electrons. The van der Waals surface area contributed by atoms with Crippen molar-refractivity contribution < 1.29 is 14.1 Å². The minimum atomic E-state index is -0.112. The van der Waals surface area contributed by atoms with E-state index in [1.165, 1.54) is 0 Å². The van der Waals surface area contributed by atoms with Gasteiger partial charge in [0.25, 0.3) is 0 Å². The van der Waals surface area contributed by atoms with Gasteiger partial charge >= 0.3 is 0 Å². The van der Waals surface area contributed by atoms with Gasteiger partial charge in [0.2, 0.25) is 11.8 Å². The lowest BCUT2D eigenvalue weighted by Gasteiger charge is -2.31. The Labute approximate surface area is 156 Å². The third-order valence-corrected chi connectivity index (χ3v) is 5.11. The number of fused-ring (bicyclic) bond motifs is 1. The standard InChI is InChI=1S/C20H22N4O3/c1-13-10-18(23-27-13)22-20(26)14-6-8-24(9-7-14)19(25)11-15-12-21-17-5-3-2-4-16(15)17/h2-5,10,12,14,21H,6-9,11H2,1H3,(H,22,23,26). The minimum absolute atomic E-state index is 0.0629. The van der Waals surface area contributed by atoms with Crippen LogP contribution in [0.1, 0.15) is 24.2 Å². The van der Waals surface area contributed by atoms with Crippen LogP contribution < -0.4 is 5.32 Å². The number of carbonyl (C=O) groups excluding carboxylic acids is 2. The van der Waals surface area contributed by atoms with E-state index in [0.29, 0.717) is 43.9 Å². The molecule has 7 nitrogen and oxygen atoms in total. The number of hydrogen-bond donors (Lipinski definition) is 2. The molecule has 3 aromatic rings. The molecule has 27 heavy (non-hydrogen) atoms. The molecule has 3 heterocycles. The van der Waals surface area contributed by atoms with E-state index >= 15 is 0 Å². The summed E-state index contributed by atoms with van der Waals surface area (Å²) < 4.78 is 4.96. The number of amides is 2. The number of para-hydroxylation sites is 1. The second-order valence-corrected chi connectivity index (χ2v) is 7.00. The highest BCUT2D eigenvalue weighted by Crippen LogP contribution is 2.22. The van der Waals surface area contributed by atoms with Crippen LogP contribution in [0.15, 0.2) is 41.1 Å². The number of H-pyrrole nitrogens is 1. The monoisotopic (exact) mass is 366 g/mol. The lowest BCUT2D eigenvalue weighted by molar-refractivity contribution is -0.133. The molecule has 0 atom stereocenters. The molecular formula is C20H22N4O3. The molecule has 1 aromatic carbocycles. The van der Waals surface area contributed by atoms with E-state index in [1.54, 1.807) is 13.0 Å². The van der Waals surface area contributed by atoms with E-state index in [2.05, 4.69) is 15.5 Å². The number of carbonyl (C=O) groups is 2. The number of nitrogens with zero attached hydrogens (tertiary/aromatic N) is 2. The predicted octanol–water partition coefficient (Wildman–Crippen LogP) is 2.88. The number of piperidine rings is 1. The first-order chi connectivity index (χ1) is 13.1. The molecular weight excluding hydrogens is 344 g/mol. The lowest BCUT2D eigenvalue weighted by atomic mass is 9.95. The highest BCUT2D eigenvalue weighted by molar-refractivity contribution is 5.92. The molecule has 0 bridgehead atoms. The van der Waals surface area contributed by atoms with Crippen molar-refractivity contribution in [2.45, 2.75) is 26.2 Å². The van der Waals surface area contributed by atoms with Crippen molar-refractivity contribution in [2.24, 2.45) is 5.92 Å². The normalized spacial score (nSPS) is 15.2. The first-order valence-corrected chi connectivity index (χ1v) is 9.17. The fraction of sp³-hybridized carbons (Fsp3) is 0.350. The van der Waals surface area contributed by atoms with Crippen LogP contribution in [0.25, 0.3) is 10.9 Å². The summed E-state index contributed by atoms with van der Waals surface area (Å²) in [6.45, 7) is 2.97. The number of aromatic nitrogens is 2. The summed E-state index contributed by atoms with van der Waals surface area (Å²) in [5, 5.41) is 7.65. The summed E-state index contributed by atoms with van der Waals surface area (Å²) in [5.41, 5.74) is 2.05. The average molecular weight is 366 g/mol. The quantitative estimate of drug-likeness (QED) is 0.743. The van der Waals surface area contributed by atoms with E-state index in [0.717, 1.165) is 16.5 Å². The number of aryl methyl sites for hydroxylation is 1. The fourth-order valence-corrected chi connectivity index (χ4v) is 3.60. The molecule has 0 spiro atoms. The Morgan fingerprint density at radius 2 is 2.07 bits per heavy atom. The predicted molar refractivity (Wildman–Crippen MR) is 101 cm³/mol. The van der Waals surface area contributed by atoms with Gasteiger partial charge in [-0.3, -0.25) is 9.59 Å². The van der Waals surface area contributed by atoms with Crippen molar-refractivity contribution in [3.63, 3.8) is 0 Å². The van der Waals surface area contributed by atoms with Gasteiger partial charge in [-0.2, -0.15) is 0 Å². The van der Waals surface area contributed by atoms with Crippen LogP contribution in [0.4, 0.5) is 5.82 Å². The van der Waals surface area contributed by atoms with Crippen LogP contribution in [0.2, 0.25) is 0 Å². The van der Waals surface area contributed by atoms with Crippen LogP contribution in [0.3, 0.4) is 0 Å². The topological polar surface area (TPSA) is 91.2 Å². The maximum Gasteiger partial charge on any atom is 0.228 e. The van der Waals surface area contributed by atoms with Gasteiger partial charge in [0, 0.05) is 42.2 Å². The Kier molecular flexibility index (Phi) is 4.66. The molecule has 0 aliphatic carbocycles. The summed E-state index contributed by atoms with van der Waals surface area (Å²) in [7, 11) is 0. The lowest BCUT2D eigenvalue weighted by Crippen LogP contribution is -2.42. The van der Waals surface area contributed by atoms with Gasteiger partial charge in [-0.25, -0.2) is 0 Å². The van der Waals surface area contributed by atoms with Crippen LogP contribution in [0.5, 0.6) is 0 Å². The van der Waals surface area contributed by atoms with Crippen LogP contribution in [-0.2, 0) is 16.0 Å². The average Bonchev–Trinajstić information content (AvgIpc) is 3.28. The molecule has 1 aliphatic heterocycles. The second-order valence-electron chi connectivity index (χ2n) is 7.00. The largest absolute Gasteiger partial charge is 0.361 e. The van der Waals surface area contributed by atoms with E-state index in [4.69, 9.17) is 4.52 Å². The highest BCUT2D eigenvalue weighted by atomic mass is 16.5. The van der Waals surface area contributed by atoms with E-state index < -0.39 is 0 Å². The number of benzene rings is 1. The number of nitrogens with one attached hydrogen (secondary N) is 2. The van der Waals surface area contributed by atoms with Crippen molar-refractivity contribution in [3.8, 4) is 0 Å². The Bertz CT molecular complexity index is 966. The Hall–Kier alpha value is -3.09. The number of anilines is 1. The Morgan fingerprint density at radius 3 is 2.81 bits per heavy atom. The van der Waals surface area contributed by atoms with Gasteiger partial charge in [0.15, 0.2) is 5.82 Å². The van der Waals surface area contributed by atoms with Crippen LogP contribution in [-0.4, -0.2) is 39.9 Å². The third-order valence-electron chi connectivity index (χ3n) is 5.11. The zero-order chi connectivity index (χ0) is 18.8. The van der Waals surface area contributed by atoms with Crippen LogP contribution >= 0.6 is 0 Å². The van der Waals surface area contributed by atoms with E-state index in [1.807, 2.05) is 35.4 Å². The highest BCUT2D eigenvalue weighted by Gasteiger charge is 2.28. The molecule has 2 amide bonds. The van der Waals surface area contributed by atoms with Gasteiger partial charge in [-0.15, -0.1) is 0 Å². The summed E-state index contributed by atoms with van der Waals surface area (Å²) in [6, 6.07) is 9.67. The third kappa shape index (κ3) is 3.72. The molecule has 2 N–H and O–H groups in total. The van der Waals surface area contributed by atoms with Gasteiger partial charge in [0.05, 0.1) is 6.42 Å². The Balaban J connectivity index is 1.32. The zero-order valence-corrected chi connectivity index (χ0v) is 15.2. The second kappa shape index (κ2) is 7.26. The maximum absolute atomic E-state index is 12.7. The molecule has 1 fully saturated rings. The number of aromatic amines is 1. The summed E-state index contributed by atoms with van der Waals surface area (Å²) in [4.78, 5) is 30.1. The van der Waals surface area contributed by atoms with Crippen molar-refractivity contribution in [3.05, 3.63) is 47.9 Å². The maximum atomic E-state index is 12.7. The van der Waals surface area contributed by atoms with Crippen molar-refractivity contribution in [2.75, 3.05) is 18.4 Å². The van der Waals surface area contributed by atoms with Crippen molar-refractivity contribution in [1.82, 2.24) is 15.0 Å². The van der Waals surface area contributed by atoms with Crippen molar-refractivity contribution >= 4 is 28.5 Å². The first kappa shape index (κ1) is 17.3. The smallest absolute Gasteiger partial charge is 0.228 e. The van der Waals surface area contributed by atoms with Gasteiger partial charge in [0.1, 0.15) is 5.76 Å². The van der Waals surface area contributed by atoms with Gasteiger partial charge in [-0.1, -0.05) is 23.4 Å². The summed E-state index contributed by atoms with van der Waals surface area (Å²) >= 11 is 0. The molecule has 2 aromatic heterocycles. The molecule has 7 heteroatoms. The number of rotatable bonds is 4. The van der Waals surface area contributed by atoms with Gasteiger partial charge < -0.3 is 19.7 Å². The van der Waals surface area contributed by atoms with E-state index in [9.17, 15) is 9.59 Å². The van der Waals surface area contributed by atoms with Crippen LogP contribution in [0, 0.1) is 12.8 Å². The molecule has 140 valence electrons. The molecule has 0 saturated carbocycles. The molecule has 1 aliphatic rings. The summed E-state index contributed by atoms with van der Waals surface area (Å²) in [5.74, 6) is 1.02. The first-order valence-electron chi connectivity index (χ1n) is 9.17. The SMILES string of the molecule is Cc1cc(NC(=O)C2CCN(C(=O)Cc3c[nH]c4ccccc34)CC2)no1. The minimum Gasteiger partial charge on any atom is -0.361 e. The van der Waals surface area contributed by atoms with E-state index in [-0.39, 0.29) is 17.7 Å². The number of likely N-dealkylation sites (tertiary alicyclic amines) is 1. The summed E-state index contributed by atoms with van der Waals surface area (Å²) in [6.07, 6.45) is 3.59. The zero-order valence-electron chi connectivity index (χ0n) is 15.2. The fourth-order valence-electron chi connectivity index (χ4n) is 3.60. The molecule has 4 rings (SSSR count).